The van der Waals surface area contributed by atoms with Crippen molar-refractivity contribution >= 4 is 29.2 Å². The predicted octanol–water partition coefficient (Wildman–Crippen LogP) is 5.32. The molecule has 0 fully saturated rings. The van der Waals surface area contributed by atoms with Crippen molar-refractivity contribution in [1.82, 2.24) is 0 Å². The van der Waals surface area contributed by atoms with Crippen LogP contribution >= 0.6 is 11.6 Å². The number of carbonyl (C=O) groups is 1. The molecule has 0 heterocycles. The predicted molar refractivity (Wildman–Crippen MR) is 105 cm³/mol. The van der Waals surface area contributed by atoms with Crippen molar-refractivity contribution in [3.63, 3.8) is 0 Å². The first-order valence-electron chi connectivity index (χ1n) is 8.02. The molecule has 0 aliphatic rings. The van der Waals surface area contributed by atoms with Crippen LogP contribution < -0.4 is 9.47 Å². The van der Waals surface area contributed by atoms with Crippen molar-refractivity contribution < 1.29 is 19.4 Å². The zero-order chi connectivity index (χ0) is 19.1. The summed E-state index contributed by atoms with van der Waals surface area (Å²) in [7, 11) is 3.14. The van der Waals surface area contributed by atoms with Crippen LogP contribution in [0.3, 0.4) is 0 Å². The van der Waals surface area contributed by atoms with Gasteiger partial charge in [-0.2, -0.15) is 0 Å². The third-order valence-corrected chi connectivity index (χ3v) is 4.14. The fourth-order valence-electron chi connectivity index (χ4n) is 2.56. The Morgan fingerprint density at radius 3 is 2.31 bits per heavy atom. The van der Waals surface area contributed by atoms with E-state index in [2.05, 4.69) is 0 Å². The first-order valence-corrected chi connectivity index (χ1v) is 8.40. The number of carboxylic acids is 1. The van der Waals surface area contributed by atoms with E-state index in [1.54, 1.807) is 20.3 Å². The summed E-state index contributed by atoms with van der Waals surface area (Å²) >= 11 is 5.92. The van der Waals surface area contributed by atoms with E-state index in [0.29, 0.717) is 16.5 Å². The number of aliphatic carboxylic acids is 1. The molecule has 0 atom stereocenters. The van der Waals surface area contributed by atoms with Crippen LogP contribution in [0.4, 0.5) is 0 Å². The monoisotopic (exact) mass is 372 g/mol. The van der Waals surface area contributed by atoms with Crippen molar-refractivity contribution in [3.8, 4) is 11.5 Å². The van der Waals surface area contributed by atoms with E-state index in [1.165, 1.54) is 0 Å². The lowest BCUT2D eigenvalue weighted by molar-refractivity contribution is -0.136. The summed E-state index contributed by atoms with van der Waals surface area (Å²) in [6.07, 6.45) is 3.78. The molecule has 0 aliphatic heterocycles. The molecule has 4 nitrogen and oxygen atoms in total. The number of hydrogen-bond acceptors (Lipinski definition) is 3. The van der Waals surface area contributed by atoms with Crippen molar-refractivity contribution in [2.24, 2.45) is 0 Å². The summed E-state index contributed by atoms with van der Waals surface area (Å²) in [5.74, 6) is 0.332. The van der Waals surface area contributed by atoms with Gasteiger partial charge in [0.25, 0.3) is 0 Å². The Bertz CT molecular complexity index is 836. The van der Waals surface area contributed by atoms with Crippen LogP contribution in [0.1, 0.15) is 24.5 Å². The highest BCUT2D eigenvalue weighted by molar-refractivity contribution is 6.30. The summed E-state index contributed by atoms with van der Waals surface area (Å²) in [4.78, 5) is 11.2. The lowest BCUT2D eigenvalue weighted by Gasteiger charge is -2.12. The summed E-state index contributed by atoms with van der Waals surface area (Å²) in [6, 6.07) is 12.9. The molecule has 0 bridgehead atoms. The number of halogens is 1. The molecule has 0 amide bonds. The van der Waals surface area contributed by atoms with E-state index in [9.17, 15) is 4.79 Å². The Hall–Kier alpha value is -2.72. The van der Waals surface area contributed by atoms with Gasteiger partial charge in [-0.25, -0.2) is 0 Å². The van der Waals surface area contributed by atoms with E-state index < -0.39 is 5.97 Å². The highest BCUT2D eigenvalue weighted by atomic mass is 35.5. The molecular weight excluding hydrogens is 352 g/mol. The standard InChI is InChI=1S/C21H21ClO4/c1-14(12-21(23)24)18(10-6-15-4-8-17(22)9-5-15)16-7-11-19(25-2)20(13-16)26-3/h4-11,13H,12H2,1-3H3,(H,23,24)/b10-6+,18-14-. The summed E-state index contributed by atoms with van der Waals surface area (Å²) in [6.45, 7) is 1.81. The number of hydrogen-bond donors (Lipinski definition) is 1. The van der Waals surface area contributed by atoms with Gasteiger partial charge in [0.1, 0.15) is 0 Å². The topological polar surface area (TPSA) is 55.8 Å². The van der Waals surface area contributed by atoms with Crippen LogP contribution in [0.2, 0.25) is 5.02 Å². The maximum atomic E-state index is 11.2. The second-order valence-electron chi connectivity index (χ2n) is 5.72. The lowest BCUT2D eigenvalue weighted by atomic mass is 9.97. The number of methoxy groups -OCH3 is 2. The third-order valence-electron chi connectivity index (χ3n) is 3.88. The molecule has 0 unspecified atom stereocenters. The zero-order valence-electron chi connectivity index (χ0n) is 15.0. The fourth-order valence-corrected chi connectivity index (χ4v) is 2.69. The second kappa shape index (κ2) is 9.11. The Morgan fingerprint density at radius 1 is 1.08 bits per heavy atom. The molecule has 0 saturated heterocycles. The number of rotatable bonds is 7. The molecule has 2 aromatic rings. The molecule has 2 rings (SSSR count). The second-order valence-corrected chi connectivity index (χ2v) is 6.16. The number of ether oxygens (including phenoxy) is 2. The molecule has 0 saturated carbocycles. The number of carboxylic acid groups (broad SMARTS) is 1. The quantitative estimate of drug-likeness (QED) is 0.668. The van der Waals surface area contributed by atoms with Gasteiger partial charge in [0.15, 0.2) is 11.5 Å². The van der Waals surface area contributed by atoms with E-state index in [-0.39, 0.29) is 6.42 Å². The number of benzene rings is 2. The van der Waals surface area contributed by atoms with Crippen LogP contribution in [-0.4, -0.2) is 25.3 Å². The maximum absolute atomic E-state index is 11.2. The number of allylic oxidation sites excluding steroid dienone is 2. The summed E-state index contributed by atoms with van der Waals surface area (Å²) in [5, 5.41) is 9.83. The molecule has 0 radical (unpaired) electrons. The van der Waals surface area contributed by atoms with Crippen molar-refractivity contribution in [2.45, 2.75) is 13.3 Å². The fraction of sp³-hybridized carbons (Fsp3) is 0.190. The molecule has 0 spiro atoms. The van der Waals surface area contributed by atoms with Gasteiger partial charge < -0.3 is 14.6 Å². The van der Waals surface area contributed by atoms with Crippen LogP contribution in [0, 0.1) is 0 Å². The van der Waals surface area contributed by atoms with Gasteiger partial charge in [-0.05, 0) is 47.9 Å². The van der Waals surface area contributed by atoms with Crippen LogP contribution in [0.5, 0.6) is 11.5 Å². The average molecular weight is 373 g/mol. The third kappa shape index (κ3) is 5.14. The minimum atomic E-state index is -0.875. The van der Waals surface area contributed by atoms with Crippen LogP contribution in [0.15, 0.2) is 54.1 Å². The molecule has 2 aromatic carbocycles. The van der Waals surface area contributed by atoms with Gasteiger partial charge in [0, 0.05) is 5.02 Å². The van der Waals surface area contributed by atoms with Gasteiger partial charge >= 0.3 is 5.97 Å². The van der Waals surface area contributed by atoms with Gasteiger partial charge in [-0.15, -0.1) is 0 Å². The van der Waals surface area contributed by atoms with Crippen LogP contribution in [0.25, 0.3) is 11.6 Å². The van der Waals surface area contributed by atoms with Crippen molar-refractivity contribution in [3.05, 3.63) is 70.3 Å². The van der Waals surface area contributed by atoms with E-state index in [4.69, 9.17) is 26.2 Å². The van der Waals surface area contributed by atoms with Gasteiger partial charge in [0.2, 0.25) is 0 Å². The Balaban J connectivity index is 2.48. The molecule has 5 heteroatoms. The molecule has 26 heavy (non-hydrogen) atoms. The van der Waals surface area contributed by atoms with Crippen molar-refractivity contribution in [1.29, 1.82) is 0 Å². The molecule has 1 N–H and O–H groups in total. The normalized spacial score (nSPS) is 12.0. The SMILES string of the molecule is COc1ccc(C(/C=C/c2ccc(Cl)cc2)=C(/C)CC(=O)O)cc1OC. The van der Waals surface area contributed by atoms with Crippen LogP contribution in [-0.2, 0) is 4.79 Å². The van der Waals surface area contributed by atoms with E-state index in [0.717, 1.165) is 22.3 Å². The van der Waals surface area contributed by atoms with E-state index in [1.807, 2.05) is 55.5 Å². The summed E-state index contributed by atoms with van der Waals surface area (Å²) < 4.78 is 10.6. The average Bonchev–Trinajstić information content (AvgIpc) is 2.62. The molecular formula is C21H21ClO4. The van der Waals surface area contributed by atoms with Gasteiger partial charge in [-0.3, -0.25) is 4.79 Å². The maximum Gasteiger partial charge on any atom is 0.307 e. The molecule has 0 aromatic heterocycles. The first kappa shape index (κ1) is 19.6. The highest BCUT2D eigenvalue weighted by Crippen LogP contribution is 2.32. The Morgan fingerprint density at radius 2 is 1.73 bits per heavy atom. The smallest absolute Gasteiger partial charge is 0.307 e. The zero-order valence-corrected chi connectivity index (χ0v) is 15.7. The first-order chi connectivity index (χ1) is 12.4. The lowest BCUT2D eigenvalue weighted by Crippen LogP contribution is -1.98. The summed E-state index contributed by atoms with van der Waals surface area (Å²) in [5.41, 5.74) is 3.39. The molecule has 0 aliphatic carbocycles. The van der Waals surface area contributed by atoms with Crippen molar-refractivity contribution in [2.75, 3.05) is 14.2 Å². The van der Waals surface area contributed by atoms with Gasteiger partial charge in [0.05, 0.1) is 20.6 Å². The van der Waals surface area contributed by atoms with Gasteiger partial charge in [-0.1, -0.05) is 47.5 Å². The molecule has 136 valence electrons. The minimum absolute atomic E-state index is 0.0470. The largest absolute Gasteiger partial charge is 0.493 e. The van der Waals surface area contributed by atoms with E-state index >= 15 is 0 Å². The Labute approximate surface area is 158 Å². The highest BCUT2D eigenvalue weighted by Gasteiger charge is 2.11. The Kier molecular flexibility index (Phi) is 6.87. The minimum Gasteiger partial charge on any atom is -0.493 e.